The molecular weight excluding hydrogens is 230 g/mol. The van der Waals surface area contributed by atoms with Gasteiger partial charge in [-0.3, -0.25) is 0 Å². The summed E-state index contributed by atoms with van der Waals surface area (Å²) in [5.74, 6) is 3.31. The van der Waals surface area contributed by atoms with Gasteiger partial charge in [0.15, 0.2) is 0 Å². The number of rotatable bonds is 3. The smallest absolute Gasteiger partial charge is 0.140 e. The molecule has 0 unspecified atom stereocenters. The fourth-order valence-corrected chi connectivity index (χ4v) is 1.34. The summed E-state index contributed by atoms with van der Waals surface area (Å²) in [7, 11) is 0. The van der Waals surface area contributed by atoms with Crippen molar-refractivity contribution in [3.63, 3.8) is 0 Å². The van der Waals surface area contributed by atoms with Crippen LogP contribution in [-0.2, 0) is 0 Å². The van der Waals surface area contributed by atoms with E-state index in [2.05, 4.69) is 32.2 Å². The van der Waals surface area contributed by atoms with Gasteiger partial charge in [0.25, 0.3) is 0 Å². The van der Waals surface area contributed by atoms with Gasteiger partial charge in [0.1, 0.15) is 5.82 Å². The number of nitrogens with one attached hydrogen (secondary N) is 1. The number of nitrogens with zero attached hydrogens (tertiary/aromatic N) is 1. The zero-order valence-corrected chi connectivity index (χ0v) is 8.63. The van der Waals surface area contributed by atoms with Gasteiger partial charge in [0.05, 0.1) is 16.4 Å². The maximum atomic E-state index is 5.53. The Balaban J connectivity index is 2.62. The first kappa shape index (κ1) is 9.87. The third-order valence-electron chi connectivity index (χ3n) is 1.42. The predicted octanol–water partition coefficient (Wildman–Crippen LogP) is 1.86. The summed E-state index contributed by atoms with van der Waals surface area (Å²) >= 11 is 3.34. The molecule has 3 nitrogen and oxygen atoms in total. The number of aromatic nitrogens is 1. The van der Waals surface area contributed by atoms with E-state index in [4.69, 9.17) is 12.2 Å². The lowest BCUT2D eigenvalue weighted by molar-refractivity contribution is 1.07. The van der Waals surface area contributed by atoms with Crippen LogP contribution in [0.1, 0.15) is 6.42 Å². The van der Waals surface area contributed by atoms with Crippen molar-refractivity contribution in [3.8, 4) is 12.3 Å². The average Bonchev–Trinajstić information content (AvgIpc) is 2.09. The monoisotopic (exact) mass is 239 g/mol. The molecule has 1 aromatic rings. The first-order valence-corrected chi connectivity index (χ1v) is 4.61. The molecule has 0 aliphatic rings. The Labute approximate surface area is 85.9 Å². The fourth-order valence-electron chi connectivity index (χ4n) is 0.836. The van der Waals surface area contributed by atoms with Crippen LogP contribution < -0.4 is 11.1 Å². The quantitative estimate of drug-likeness (QED) is 0.626. The second kappa shape index (κ2) is 4.73. The van der Waals surface area contributed by atoms with Gasteiger partial charge < -0.3 is 11.1 Å². The molecule has 1 heterocycles. The summed E-state index contributed by atoms with van der Waals surface area (Å²) in [5.41, 5.74) is 6.16. The van der Waals surface area contributed by atoms with E-state index in [1.165, 1.54) is 0 Å². The van der Waals surface area contributed by atoms with E-state index in [-0.39, 0.29) is 0 Å². The molecule has 3 N–H and O–H groups in total. The summed E-state index contributed by atoms with van der Waals surface area (Å²) in [5, 5.41) is 3.09. The summed E-state index contributed by atoms with van der Waals surface area (Å²) in [6.07, 6.45) is 7.39. The van der Waals surface area contributed by atoms with Crippen LogP contribution in [0, 0.1) is 12.3 Å². The standard InChI is InChI=1S/C9H10BrN3/c1-2-3-4-12-9-8(10)5-7(11)6-13-9/h1,5-6H,3-4,11H2,(H,12,13). The molecule has 0 saturated carbocycles. The molecule has 0 aromatic carbocycles. The van der Waals surface area contributed by atoms with Crippen molar-refractivity contribution in [1.29, 1.82) is 0 Å². The maximum Gasteiger partial charge on any atom is 0.140 e. The van der Waals surface area contributed by atoms with E-state index in [1.807, 2.05) is 0 Å². The molecule has 0 amide bonds. The summed E-state index contributed by atoms with van der Waals surface area (Å²) in [6, 6.07) is 1.80. The van der Waals surface area contributed by atoms with Crippen LogP contribution in [0.15, 0.2) is 16.7 Å². The molecule has 0 radical (unpaired) electrons. The number of terminal acetylenes is 1. The Morgan fingerprint density at radius 2 is 2.46 bits per heavy atom. The minimum Gasteiger partial charge on any atom is -0.397 e. The third kappa shape index (κ3) is 2.96. The number of halogens is 1. The SMILES string of the molecule is C#CCCNc1ncc(N)cc1Br. The third-order valence-corrected chi connectivity index (χ3v) is 2.03. The molecule has 0 aliphatic heterocycles. The summed E-state index contributed by atoms with van der Waals surface area (Å²) in [4.78, 5) is 4.10. The largest absolute Gasteiger partial charge is 0.397 e. The highest BCUT2D eigenvalue weighted by atomic mass is 79.9. The van der Waals surface area contributed by atoms with Crippen LogP contribution in [0.2, 0.25) is 0 Å². The zero-order valence-electron chi connectivity index (χ0n) is 7.05. The minimum absolute atomic E-state index is 0.634. The van der Waals surface area contributed by atoms with Gasteiger partial charge in [0, 0.05) is 13.0 Å². The van der Waals surface area contributed by atoms with Crippen molar-refractivity contribution in [2.45, 2.75) is 6.42 Å². The lowest BCUT2D eigenvalue weighted by Gasteiger charge is -2.05. The molecule has 0 bridgehead atoms. The number of anilines is 2. The topological polar surface area (TPSA) is 50.9 Å². The number of hydrogen-bond donors (Lipinski definition) is 2. The van der Waals surface area contributed by atoms with Crippen LogP contribution >= 0.6 is 15.9 Å². The Hall–Kier alpha value is -1.21. The van der Waals surface area contributed by atoms with Gasteiger partial charge in [-0.25, -0.2) is 4.98 Å². The molecule has 68 valence electrons. The van der Waals surface area contributed by atoms with Crippen molar-refractivity contribution in [1.82, 2.24) is 4.98 Å². The van der Waals surface area contributed by atoms with E-state index in [0.29, 0.717) is 18.7 Å². The van der Waals surface area contributed by atoms with E-state index in [9.17, 15) is 0 Å². The van der Waals surface area contributed by atoms with Crippen LogP contribution in [0.5, 0.6) is 0 Å². The molecule has 0 fully saturated rings. The molecule has 0 atom stereocenters. The van der Waals surface area contributed by atoms with E-state index >= 15 is 0 Å². The van der Waals surface area contributed by atoms with Crippen LogP contribution in [0.3, 0.4) is 0 Å². The van der Waals surface area contributed by atoms with Crippen molar-refractivity contribution in [3.05, 3.63) is 16.7 Å². The second-order valence-corrected chi connectivity index (χ2v) is 3.33. The van der Waals surface area contributed by atoms with Gasteiger partial charge in [0.2, 0.25) is 0 Å². The minimum atomic E-state index is 0.634. The van der Waals surface area contributed by atoms with Crippen LogP contribution in [0.25, 0.3) is 0 Å². The van der Waals surface area contributed by atoms with E-state index in [1.54, 1.807) is 12.3 Å². The van der Waals surface area contributed by atoms with Gasteiger partial charge >= 0.3 is 0 Å². The van der Waals surface area contributed by atoms with Crippen molar-refractivity contribution in [2.75, 3.05) is 17.6 Å². The van der Waals surface area contributed by atoms with E-state index < -0.39 is 0 Å². The normalized spacial score (nSPS) is 9.23. The highest BCUT2D eigenvalue weighted by Gasteiger charge is 1.99. The Bertz CT molecular complexity index is 330. The van der Waals surface area contributed by atoms with Gasteiger partial charge in [-0.05, 0) is 22.0 Å². The predicted molar refractivity (Wildman–Crippen MR) is 58.3 cm³/mol. The molecule has 0 saturated heterocycles. The molecule has 1 rings (SSSR count). The summed E-state index contributed by atoms with van der Waals surface area (Å²) in [6.45, 7) is 0.714. The summed E-state index contributed by atoms with van der Waals surface area (Å²) < 4.78 is 0.851. The molecule has 0 spiro atoms. The van der Waals surface area contributed by atoms with Gasteiger partial charge in [-0.1, -0.05) is 0 Å². The fraction of sp³-hybridized carbons (Fsp3) is 0.222. The second-order valence-electron chi connectivity index (χ2n) is 2.48. The molecule has 1 aromatic heterocycles. The Morgan fingerprint density at radius 3 is 3.08 bits per heavy atom. The maximum absolute atomic E-state index is 5.53. The molecule has 4 heteroatoms. The zero-order chi connectivity index (χ0) is 9.68. The number of hydrogen-bond acceptors (Lipinski definition) is 3. The highest BCUT2D eigenvalue weighted by molar-refractivity contribution is 9.10. The Morgan fingerprint density at radius 1 is 1.69 bits per heavy atom. The van der Waals surface area contributed by atoms with Gasteiger partial charge in [-0.15, -0.1) is 12.3 Å². The van der Waals surface area contributed by atoms with Crippen LogP contribution in [0.4, 0.5) is 11.5 Å². The first-order valence-electron chi connectivity index (χ1n) is 3.82. The van der Waals surface area contributed by atoms with Crippen molar-refractivity contribution >= 4 is 27.4 Å². The number of nitrogens with two attached hydrogens (primary N) is 1. The molecule has 13 heavy (non-hydrogen) atoms. The Kier molecular flexibility index (Phi) is 3.59. The highest BCUT2D eigenvalue weighted by Crippen LogP contribution is 2.21. The average molecular weight is 240 g/mol. The van der Waals surface area contributed by atoms with Crippen molar-refractivity contribution in [2.24, 2.45) is 0 Å². The van der Waals surface area contributed by atoms with Gasteiger partial charge in [-0.2, -0.15) is 0 Å². The molecular formula is C9H10BrN3. The van der Waals surface area contributed by atoms with E-state index in [0.717, 1.165) is 10.3 Å². The number of nitrogen functional groups attached to an aromatic ring is 1. The van der Waals surface area contributed by atoms with Crippen molar-refractivity contribution < 1.29 is 0 Å². The first-order chi connectivity index (χ1) is 6.24. The number of pyridine rings is 1. The lowest BCUT2D eigenvalue weighted by atomic mass is 10.4. The lowest BCUT2D eigenvalue weighted by Crippen LogP contribution is -2.03. The van der Waals surface area contributed by atoms with Crippen LogP contribution in [-0.4, -0.2) is 11.5 Å². The molecule has 0 aliphatic carbocycles.